The van der Waals surface area contributed by atoms with Gasteiger partial charge in [-0.15, -0.1) is 0 Å². The van der Waals surface area contributed by atoms with Crippen molar-refractivity contribution in [3.8, 4) is 0 Å². The lowest BCUT2D eigenvalue weighted by molar-refractivity contribution is -0.144. The molecule has 0 amide bonds. The number of unbranched alkanes of at least 4 members (excludes halogenated alkanes) is 6. The van der Waals surface area contributed by atoms with Crippen LogP contribution in [0.5, 0.6) is 0 Å². The molecule has 2 nitrogen and oxygen atoms in total. The molecule has 0 saturated carbocycles. The first-order valence-corrected chi connectivity index (χ1v) is 10.0. The van der Waals surface area contributed by atoms with Gasteiger partial charge in [-0.3, -0.25) is 4.79 Å². The normalized spacial score (nSPS) is 20.3. The van der Waals surface area contributed by atoms with Crippen LogP contribution in [0.1, 0.15) is 95.3 Å². The molecule has 0 N–H and O–H groups in total. The molecule has 0 bridgehead atoms. The van der Waals surface area contributed by atoms with E-state index in [2.05, 4.69) is 38.1 Å². The van der Waals surface area contributed by atoms with E-state index in [1.807, 2.05) is 0 Å². The Morgan fingerprint density at radius 2 is 1.58 bits per heavy atom. The molecule has 2 atom stereocenters. The Balaban J connectivity index is 1.75. The first-order chi connectivity index (χ1) is 11.7. The number of carbonyl (C=O) groups is 1. The van der Waals surface area contributed by atoms with Crippen LogP contribution in [-0.2, 0) is 16.0 Å². The fourth-order valence-corrected chi connectivity index (χ4v) is 3.53. The van der Waals surface area contributed by atoms with Gasteiger partial charge in [0.25, 0.3) is 0 Å². The number of rotatable bonds is 11. The summed E-state index contributed by atoms with van der Waals surface area (Å²) in [6.07, 6.45) is 13.1. The molecule has 134 valence electrons. The minimum atomic E-state index is -0.0252. The number of ether oxygens (including phenoxy) is 1. The second kappa shape index (κ2) is 10.5. The highest BCUT2D eigenvalue weighted by Crippen LogP contribution is 2.36. The van der Waals surface area contributed by atoms with Crippen LogP contribution in [0.15, 0.2) is 24.3 Å². The van der Waals surface area contributed by atoms with Gasteiger partial charge in [-0.25, -0.2) is 0 Å². The topological polar surface area (TPSA) is 26.3 Å². The molecule has 1 aromatic carbocycles. The molecular formula is C22H34O2. The van der Waals surface area contributed by atoms with Crippen molar-refractivity contribution in [2.45, 2.75) is 90.6 Å². The minimum Gasteiger partial charge on any atom is -0.457 e. The molecule has 24 heavy (non-hydrogen) atoms. The van der Waals surface area contributed by atoms with Crippen molar-refractivity contribution < 1.29 is 9.53 Å². The number of cyclic esters (lactones) is 1. The lowest BCUT2D eigenvalue weighted by Crippen LogP contribution is -2.07. The molecular weight excluding hydrogens is 296 g/mol. The van der Waals surface area contributed by atoms with Crippen molar-refractivity contribution in [2.24, 2.45) is 5.92 Å². The molecule has 0 aliphatic carbocycles. The lowest BCUT2D eigenvalue weighted by Gasteiger charge is -2.10. The van der Waals surface area contributed by atoms with Gasteiger partial charge in [0.1, 0.15) is 6.10 Å². The third-order valence-electron chi connectivity index (χ3n) is 5.17. The zero-order valence-corrected chi connectivity index (χ0v) is 15.6. The summed E-state index contributed by atoms with van der Waals surface area (Å²) in [6, 6.07) is 8.69. The minimum absolute atomic E-state index is 0.0172. The summed E-state index contributed by atoms with van der Waals surface area (Å²) in [5, 5.41) is 0. The van der Waals surface area contributed by atoms with Crippen molar-refractivity contribution in [1.82, 2.24) is 0 Å². The summed E-state index contributed by atoms with van der Waals surface area (Å²) in [5.74, 6) is 0.129. The van der Waals surface area contributed by atoms with Crippen molar-refractivity contribution in [2.75, 3.05) is 0 Å². The average molecular weight is 331 g/mol. The molecule has 2 unspecified atom stereocenters. The average Bonchev–Trinajstić information content (AvgIpc) is 2.97. The van der Waals surface area contributed by atoms with Gasteiger partial charge >= 0.3 is 5.97 Å². The second-order valence-electron chi connectivity index (χ2n) is 7.26. The first kappa shape index (κ1) is 19.0. The van der Waals surface area contributed by atoms with Gasteiger partial charge in [-0.05, 0) is 30.4 Å². The standard InChI is InChI=1S/C22H34O2/c1-3-5-7-8-9-10-12-20-17-21(24-22(20)23)19-15-13-18(14-16-19)11-6-4-2/h13-16,20-21H,3-12,17H2,1-2H3. The molecule has 1 aromatic rings. The highest BCUT2D eigenvalue weighted by molar-refractivity contribution is 5.74. The quantitative estimate of drug-likeness (QED) is 0.347. The number of hydrogen-bond acceptors (Lipinski definition) is 2. The van der Waals surface area contributed by atoms with Crippen molar-refractivity contribution in [3.63, 3.8) is 0 Å². The zero-order valence-electron chi connectivity index (χ0n) is 15.6. The Morgan fingerprint density at radius 3 is 2.29 bits per heavy atom. The smallest absolute Gasteiger partial charge is 0.309 e. The number of esters is 1. The van der Waals surface area contributed by atoms with Crippen LogP contribution in [-0.4, -0.2) is 5.97 Å². The van der Waals surface area contributed by atoms with E-state index in [-0.39, 0.29) is 18.0 Å². The van der Waals surface area contributed by atoms with E-state index in [4.69, 9.17) is 4.74 Å². The Labute approximate surface area is 148 Å². The summed E-state index contributed by atoms with van der Waals surface area (Å²) < 4.78 is 5.64. The van der Waals surface area contributed by atoms with E-state index in [0.717, 1.165) is 31.2 Å². The molecule has 2 rings (SSSR count). The third kappa shape index (κ3) is 5.96. The largest absolute Gasteiger partial charge is 0.457 e. The van der Waals surface area contributed by atoms with E-state index < -0.39 is 0 Å². The lowest BCUT2D eigenvalue weighted by atomic mass is 9.94. The molecule has 2 heteroatoms. The molecule has 1 fully saturated rings. The van der Waals surface area contributed by atoms with Gasteiger partial charge in [0.05, 0.1) is 5.92 Å². The van der Waals surface area contributed by atoms with E-state index in [0.29, 0.717) is 0 Å². The summed E-state index contributed by atoms with van der Waals surface area (Å²) in [4.78, 5) is 12.1. The Bertz CT molecular complexity index is 477. The molecule has 1 aliphatic rings. The van der Waals surface area contributed by atoms with Gasteiger partial charge < -0.3 is 4.74 Å². The molecule has 0 spiro atoms. The molecule has 1 aliphatic heterocycles. The van der Waals surface area contributed by atoms with Crippen LogP contribution in [0.3, 0.4) is 0 Å². The van der Waals surface area contributed by atoms with Crippen LogP contribution >= 0.6 is 0 Å². The first-order valence-electron chi connectivity index (χ1n) is 10.0. The second-order valence-corrected chi connectivity index (χ2v) is 7.26. The molecule has 1 saturated heterocycles. The fourth-order valence-electron chi connectivity index (χ4n) is 3.53. The van der Waals surface area contributed by atoms with Gasteiger partial charge in [0.15, 0.2) is 0 Å². The molecule has 0 aromatic heterocycles. The van der Waals surface area contributed by atoms with E-state index in [9.17, 15) is 4.79 Å². The highest BCUT2D eigenvalue weighted by atomic mass is 16.5. The predicted octanol–water partition coefficient (Wildman–Crippen LogP) is 6.38. The number of carbonyl (C=O) groups excluding carboxylic acids is 1. The van der Waals surface area contributed by atoms with E-state index >= 15 is 0 Å². The van der Waals surface area contributed by atoms with Gasteiger partial charge in [-0.2, -0.15) is 0 Å². The summed E-state index contributed by atoms with van der Waals surface area (Å²) in [7, 11) is 0. The van der Waals surface area contributed by atoms with Gasteiger partial charge in [0.2, 0.25) is 0 Å². The van der Waals surface area contributed by atoms with Crippen LogP contribution in [0, 0.1) is 5.92 Å². The Kier molecular flexibility index (Phi) is 8.35. The SMILES string of the molecule is CCCCCCCCC1CC(c2ccc(CCCC)cc2)OC1=O. The van der Waals surface area contributed by atoms with Gasteiger partial charge in [-0.1, -0.05) is 83.1 Å². The monoisotopic (exact) mass is 330 g/mol. The number of aryl methyl sites for hydroxylation is 1. The maximum absolute atomic E-state index is 12.1. The number of benzene rings is 1. The Hall–Kier alpha value is -1.31. The highest BCUT2D eigenvalue weighted by Gasteiger charge is 2.34. The molecule has 1 heterocycles. The summed E-state index contributed by atoms with van der Waals surface area (Å²) in [6.45, 7) is 4.46. The Morgan fingerprint density at radius 1 is 0.917 bits per heavy atom. The van der Waals surface area contributed by atoms with Crippen LogP contribution < -0.4 is 0 Å². The maximum Gasteiger partial charge on any atom is 0.309 e. The summed E-state index contributed by atoms with van der Waals surface area (Å²) in [5.41, 5.74) is 2.54. The fraction of sp³-hybridized carbons (Fsp3) is 0.682. The third-order valence-corrected chi connectivity index (χ3v) is 5.17. The van der Waals surface area contributed by atoms with E-state index in [1.165, 1.54) is 50.5 Å². The van der Waals surface area contributed by atoms with E-state index in [1.54, 1.807) is 0 Å². The van der Waals surface area contributed by atoms with Crippen molar-refractivity contribution >= 4 is 5.97 Å². The predicted molar refractivity (Wildman–Crippen MR) is 100.0 cm³/mol. The maximum atomic E-state index is 12.1. The van der Waals surface area contributed by atoms with Crippen LogP contribution in [0.2, 0.25) is 0 Å². The van der Waals surface area contributed by atoms with Crippen molar-refractivity contribution in [3.05, 3.63) is 35.4 Å². The summed E-state index contributed by atoms with van der Waals surface area (Å²) >= 11 is 0. The van der Waals surface area contributed by atoms with Gasteiger partial charge in [0, 0.05) is 6.42 Å². The zero-order chi connectivity index (χ0) is 17.2. The number of hydrogen-bond donors (Lipinski definition) is 0. The molecule has 0 radical (unpaired) electrons. The van der Waals surface area contributed by atoms with Crippen LogP contribution in [0.25, 0.3) is 0 Å². The van der Waals surface area contributed by atoms with Crippen molar-refractivity contribution in [1.29, 1.82) is 0 Å². The van der Waals surface area contributed by atoms with Crippen LogP contribution in [0.4, 0.5) is 0 Å².